The molecule has 0 amide bonds. The molecule has 3 rings (SSSR count). The van der Waals surface area contributed by atoms with Gasteiger partial charge in [-0.3, -0.25) is 0 Å². The molecule has 112 valence electrons. The zero-order valence-electron chi connectivity index (χ0n) is 12.8. The van der Waals surface area contributed by atoms with Crippen molar-refractivity contribution >= 4 is 5.69 Å². The maximum absolute atomic E-state index is 9.02. The summed E-state index contributed by atoms with van der Waals surface area (Å²) in [6.07, 6.45) is 8.04. The Balaban J connectivity index is 1.74. The zero-order chi connectivity index (χ0) is 14.7. The highest BCUT2D eigenvalue weighted by Gasteiger charge is 2.55. The first-order valence-electron chi connectivity index (χ1n) is 8.17. The largest absolute Gasteiger partial charge is 0.382 e. The predicted molar refractivity (Wildman–Crippen MR) is 84.1 cm³/mol. The number of hydrogen-bond donors (Lipinski definition) is 1. The summed E-state index contributed by atoms with van der Waals surface area (Å²) in [6, 6.07) is 10.5. The van der Waals surface area contributed by atoms with Crippen molar-refractivity contribution in [2.75, 3.05) is 11.9 Å². The molecular formula is C18H24N2O. The monoisotopic (exact) mass is 284 g/mol. The van der Waals surface area contributed by atoms with Crippen molar-refractivity contribution < 1.29 is 4.74 Å². The Morgan fingerprint density at radius 3 is 2.86 bits per heavy atom. The van der Waals surface area contributed by atoms with Crippen LogP contribution in [-0.2, 0) is 4.74 Å². The average Bonchev–Trinajstić information content (AvgIpc) is 2.55. The van der Waals surface area contributed by atoms with Gasteiger partial charge in [-0.05, 0) is 44.4 Å². The second kappa shape index (κ2) is 6.07. The van der Waals surface area contributed by atoms with Gasteiger partial charge in [0.1, 0.15) is 0 Å². The lowest BCUT2D eigenvalue weighted by molar-refractivity contribution is -0.134. The lowest BCUT2D eigenvalue weighted by Crippen LogP contribution is -2.62. The highest BCUT2D eigenvalue weighted by Crippen LogP contribution is 2.54. The first-order chi connectivity index (χ1) is 10.3. The number of anilines is 1. The first kappa shape index (κ1) is 14.4. The van der Waals surface area contributed by atoms with Crippen LogP contribution in [0.3, 0.4) is 0 Å². The molecule has 2 aliphatic rings. The van der Waals surface area contributed by atoms with Crippen LogP contribution in [0.1, 0.15) is 51.0 Å². The maximum atomic E-state index is 9.02. The van der Waals surface area contributed by atoms with Crippen LogP contribution in [0.2, 0.25) is 0 Å². The van der Waals surface area contributed by atoms with Gasteiger partial charge in [-0.25, -0.2) is 0 Å². The summed E-state index contributed by atoms with van der Waals surface area (Å²) in [4.78, 5) is 0. The normalized spacial score (nSPS) is 26.9. The van der Waals surface area contributed by atoms with Crippen molar-refractivity contribution in [2.24, 2.45) is 5.41 Å². The molecule has 1 aromatic rings. The summed E-state index contributed by atoms with van der Waals surface area (Å²) < 4.78 is 5.99. The van der Waals surface area contributed by atoms with Crippen molar-refractivity contribution in [1.29, 1.82) is 5.26 Å². The van der Waals surface area contributed by atoms with Gasteiger partial charge in [0.15, 0.2) is 0 Å². The number of nitriles is 1. The van der Waals surface area contributed by atoms with Crippen LogP contribution < -0.4 is 5.32 Å². The molecule has 1 N–H and O–H groups in total. The van der Waals surface area contributed by atoms with Crippen molar-refractivity contribution in [3.05, 3.63) is 29.8 Å². The van der Waals surface area contributed by atoms with Crippen molar-refractivity contribution in [1.82, 2.24) is 0 Å². The number of hydrogen-bond acceptors (Lipinski definition) is 3. The molecule has 0 radical (unpaired) electrons. The number of nitrogens with zero attached hydrogens (tertiary/aromatic N) is 1. The van der Waals surface area contributed by atoms with E-state index >= 15 is 0 Å². The Morgan fingerprint density at radius 2 is 2.14 bits per heavy atom. The van der Waals surface area contributed by atoms with E-state index < -0.39 is 0 Å². The minimum absolute atomic E-state index is 0.316. The minimum Gasteiger partial charge on any atom is -0.382 e. The number of benzene rings is 1. The van der Waals surface area contributed by atoms with Crippen molar-refractivity contribution in [3.63, 3.8) is 0 Å². The molecule has 0 heterocycles. The van der Waals surface area contributed by atoms with Gasteiger partial charge >= 0.3 is 0 Å². The molecule has 0 bridgehead atoms. The van der Waals surface area contributed by atoms with E-state index in [2.05, 4.69) is 24.4 Å². The first-order valence-corrected chi connectivity index (χ1v) is 8.17. The highest BCUT2D eigenvalue weighted by molar-refractivity contribution is 5.50. The fraction of sp³-hybridized carbons (Fsp3) is 0.611. The summed E-state index contributed by atoms with van der Waals surface area (Å²) in [5, 5.41) is 12.7. The van der Waals surface area contributed by atoms with Gasteiger partial charge in [-0.15, -0.1) is 0 Å². The average molecular weight is 284 g/mol. The van der Waals surface area contributed by atoms with E-state index in [9.17, 15) is 0 Å². The number of nitrogens with one attached hydrogen (secondary N) is 1. The van der Waals surface area contributed by atoms with Gasteiger partial charge < -0.3 is 10.1 Å². The van der Waals surface area contributed by atoms with E-state index in [4.69, 9.17) is 10.00 Å². The van der Waals surface area contributed by atoms with Crippen LogP contribution in [0.15, 0.2) is 24.3 Å². The fourth-order valence-corrected chi connectivity index (χ4v) is 4.15. The second-order valence-corrected chi connectivity index (χ2v) is 6.36. The Morgan fingerprint density at radius 1 is 1.33 bits per heavy atom. The quantitative estimate of drug-likeness (QED) is 0.905. The van der Waals surface area contributed by atoms with E-state index in [1.54, 1.807) is 0 Å². The van der Waals surface area contributed by atoms with Gasteiger partial charge in [-0.2, -0.15) is 5.26 Å². The van der Waals surface area contributed by atoms with E-state index in [1.165, 1.54) is 32.1 Å². The molecule has 2 fully saturated rings. The molecular weight excluding hydrogens is 260 g/mol. The SMILES string of the molecule is CCOC1CC(Nc2cccc(C#N)c2)C12CCCCC2. The van der Waals surface area contributed by atoms with Crippen LogP contribution >= 0.6 is 0 Å². The molecule has 2 saturated carbocycles. The summed E-state index contributed by atoms with van der Waals surface area (Å²) in [5.41, 5.74) is 2.11. The third-order valence-corrected chi connectivity index (χ3v) is 5.27. The highest BCUT2D eigenvalue weighted by atomic mass is 16.5. The van der Waals surface area contributed by atoms with Crippen LogP contribution in [0.25, 0.3) is 0 Å². The molecule has 1 aromatic carbocycles. The molecule has 0 aliphatic heterocycles. The molecule has 2 aliphatic carbocycles. The van der Waals surface area contributed by atoms with E-state index in [0.29, 0.717) is 17.6 Å². The van der Waals surface area contributed by atoms with E-state index in [-0.39, 0.29) is 0 Å². The molecule has 21 heavy (non-hydrogen) atoms. The standard InChI is InChI=1S/C18H24N2O/c1-2-21-17-12-16(18(17)9-4-3-5-10-18)20-15-8-6-7-14(11-15)13-19/h6-8,11,16-17,20H,2-5,9-10,12H2,1H3. The zero-order valence-corrected chi connectivity index (χ0v) is 12.8. The van der Waals surface area contributed by atoms with Gasteiger partial charge in [0.25, 0.3) is 0 Å². The van der Waals surface area contributed by atoms with Crippen molar-refractivity contribution in [3.8, 4) is 6.07 Å². The Hall–Kier alpha value is -1.53. The molecule has 3 nitrogen and oxygen atoms in total. The number of ether oxygens (including phenoxy) is 1. The molecule has 3 heteroatoms. The van der Waals surface area contributed by atoms with Gasteiger partial charge in [0, 0.05) is 23.8 Å². The number of rotatable bonds is 4. The molecule has 1 spiro atoms. The maximum Gasteiger partial charge on any atom is 0.0992 e. The summed E-state index contributed by atoms with van der Waals surface area (Å²) in [6.45, 7) is 2.90. The lowest BCUT2D eigenvalue weighted by Gasteiger charge is -2.58. The van der Waals surface area contributed by atoms with E-state index in [0.717, 1.165) is 24.3 Å². The smallest absolute Gasteiger partial charge is 0.0992 e. The summed E-state index contributed by atoms with van der Waals surface area (Å²) in [5.74, 6) is 0. The summed E-state index contributed by atoms with van der Waals surface area (Å²) >= 11 is 0. The molecule has 2 unspecified atom stereocenters. The van der Waals surface area contributed by atoms with E-state index in [1.807, 2.05) is 18.2 Å². The van der Waals surface area contributed by atoms with Gasteiger partial charge in [-0.1, -0.05) is 25.3 Å². The predicted octanol–water partition coefficient (Wildman–Crippen LogP) is 4.10. The molecule has 2 atom stereocenters. The van der Waals surface area contributed by atoms with Crippen LogP contribution in [0.4, 0.5) is 5.69 Å². The Bertz CT molecular complexity index is 528. The minimum atomic E-state index is 0.316. The van der Waals surface area contributed by atoms with Crippen LogP contribution in [0, 0.1) is 16.7 Å². The third kappa shape index (κ3) is 2.65. The topological polar surface area (TPSA) is 45.0 Å². The second-order valence-electron chi connectivity index (χ2n) is 6.36. The lowest BCUT2D eigenvalue weighted by atomic mass is 9.55. The third-order valence-electron chi connectivity index (χ3n) is 5.27. The molecule has 0 aromatic heterocycles. The van der Waals surface area contributed by atoms with Gasteiger partial charge in [0.2, 0.25) is 0 Å². The van der Waals surface area contributed by atoms with Crippen LogP contribution in [0.5, 0.6) is 0 Å². The van der Waals surface area contributed by atoms with Crippen LogP contribution in [-0.4, -0.2) is 18.8 Å². The molecule has 0 saturated heterocycles. The van der Waals surface area contributed by atoms with Gasteiger partial charge in [0.05, 0.1) is 17.7 Å². The Labute approximate surface area is 127 Å². The fourth-order valence-electron chi connectivity index (χ4n) is 4.15. The van der Waals surface area contributed by atoms with Crippen molar-refractivity contribution in [2.45, 2.75) is 57.6 Å². The summed E-state index contributed by atoms with van der Waals surface area (Å²) in [7, 11) is 0. The Kier molecular flexibility index (Phi) is 4.17.